The maximum Gasteiger partial charge on any atom is 0.339 e. The molecule has 0 radical (unpaired) electrons. The molecule has 6 heteroatoms. The van der Waals surface area contributed by atoms with Gasteiger partial charge in [-0.05, 0) is 38.1 Å². The van der Waals surface area contributed by atoms with Crippen LogP contribution in [0.15, 0.2) is 42.6 Å². The molecule has 1 aromatic carbocycles. The van der Waals surface area contributed by atoms with E-state index in [0.29, 0.717) is 35.7 Å². The number of carbonyl (C=O) groups is 2. The lowest BCUT2D eigenvalue weighted by molar-refractivity contribution is 0.0601. The van der Waals surface area contributed by atoms with Crippen LogP contribution in [0.1, 0.15) is 34.7 Å². The summed E-state index contributed by atoms with van der Waals surface area (Å²) in [6, 6.07) is 10.5. The summed E-state index contributed by atoms with van der Waals surface area (Å²) in [5, 5.41) is 3.15. The molecule has 0 fully saturated rings. The van der Waals surface area contributed by atoms with Crippen LogP contribution in [0.2, 0.25) is 0 Å². The fraction of sp³-hybridized carbons (Fsp3) is 0.278. The van der Waals surface area contributed by atoms with E-state index in [0.717, 1.165) is 0 Å². The van der Waals surface area contributed by atoms with Crippen molar-refractivity contribution in [3.05, 3.63) is 53.9 Å². The van der Waals surface area contributed by atoms with Crippen LogP contribution in [0.25, 0.3) is 0 Å². The summed E-state index contributed by atoms with van der Waals surface area (Å²) >= 11 is 0. The Morgan fingerprint density at radius 3 is 2.54 bits per heavy atom. The number of methoxy groups -OCH3 is 1. The molecule has 6 nitrogen and oxygen atoms in total. The van der Waals surface area contributed by atoms with Gasteiger partial charge in [-0.1, -0.05) is 12.1 Å². The minimum atomic E-state index is -0.424. The molecule has 1 heterocycles. The molecule has 126 valence electrons. The van der Waals surface area contributed by atoms with Gasteiger partial charge in [0.05, 0.1) is 18.4 Å². The van der Waals surface area contributed by atoms with Gasteiger partial charge in [-0.25, -0.2) is 4.79 Å². The first-order chi connectivity index (χ1) is 11.6. The average Bonchev–Trinajstić information content (AvgIpc) is 2.62. The van der Waals surface area contributed by atoms with Gasteiger partial charge in [0.1, 0.15) is 5.69 Å². The van der Waals surface area contributed by atoms with Crippen molar-refractivity contribution in [3.63, 3.8) is 0 Å². The number of amides is 1. The quantitative estimate of drug-likeness (QED) is 0.826. The van der Waals surface area contributed by atoms with Crippen LogP contribution >= 0.6 is 0 Å². The Balaban J connectivity index is 2.28. The van der Waals surface area contributed by atoms with Gasteiger partial charge >= 0.3 is 5.97 Å². The van der Waals surface area contributed by atoms with E-state index in [4.69, 9.17) is 4.74 Å². The Kier molecular flexibility index (Phi) is 5.89. The highest BCUT2D eigenvalue weighted by Gasteiger charge is 2.15. The minimum absolute atomic E-state index is 0.120. The second-order valence-electron chi connectivity index (χ2n) is 5.07. The zero-order valence-corrected chi connectivity index (χ0v) is 14.1. The predicted molar refractivity (Wildman–Crippen MR) is 92.6 cm³/mol. The molecule has 0 saturated heterocycles. The fourth-order valence-electron chi connectivity index (χ4n) is 2.33. The van der Waals surface area contributed by atoms with Crippen molar-refractivity contribution in [3.8, 4) is 0 Å². The molecule has 1 amide bonds. The zero-order chi connectivity index (χ0) is 17.5. The number of carbonyl (C=O) groups excluding carboxylic acids is 2. The van der Waals surface area contributed by atoms with E-state index in [9.17, 15) is 9.59 Å². The number of benzene rings is 1. The van der Waals surface area contributed by atoms with E-state index >= 15 is 0 Å². The monoisotopic (exact) mass is 327 g/mol. The van der Waals surface area contributed by atoms with Gasteiger partial charge in [-0.15, -0.1) is 0 Å². The van der Waals surface area contributed by atoms with Crippen LogP contribution in [0.5, 0.6) is 0 Å². The van der Waals surface area contributed by atoms with Crippen molar-refractivity contribution in [1.82, 2.24) is 9.88 Å². The number of para-hydroxylation sites is 1. The SMILES string of the molecule is CCN(CC)C(=O)c1cc(Nc2ccccc2C(=O)OC)ccn1. The van der Waals surface area contributed by atoms with E-state index in [-0.39, 0.29) is 5.91 Å². The van der Waals surface area contributed by atoms with Crippen LogP contribution in [-0.4, -0.2) is 42.0 Å². The Morgan fingerprint density at radius 1 is 1.17 bits per heavy atom. The summed E-state index contributed by atoms with van der Waals surface area (Å²) in [5.74, 6) is -0.545. The lowest BCUT2D eigenvalue weighted by atomic mass is 10.1. The van der Waals surface area contributed by atoms with Crippen LogP contribution < -0.4 is 5.32 Å². The van der Waals surface area contributed by atoms with Gasteiger partial charge in [0, 0.05) is 25.0 Å². The van der Waals surface area contributed by atoms with Crippen LogP contribution in [0, 0.1) is 0 Å². The molecule has 0 aliphatic carbocycles. The van der Waals surface area contributed by atoms with Gasteiger partial charge in [0.25, 0.3) is 5.91 Å². The maximum atomic E-state index is 12.4. The molecule has 0 saturated carbocycles. The molecule has 0 unspecified atom stereocenters. The molecule has 2 aromatic rings. The molecule has 0 bridgehead atoms. The number of rotatable bonds is 6. The van der Waals surface area contributed by atoms with Crippen molar-refractivity contribution in [2.24, 2.45) is 0 Å². The fourth-order valence-corrected chi connectivity index (χ4v) is 2.33. The van der Waals surface area contributed by atoms with Gasteiger partial charge in [0.15, 0.2) is 0 Å². The molecule has 24 heavy (non-hydrogen) atoms. The topological polar surface area (TPSA) is 71.5 Å². The number of anilines is 2. The normalized spacial score (nSPS) is 10.1. The lowest BCUT2D eigenvalue weighted by Crippen LogP contribution is -2.31. The average molecular weight is 327 g/mol. The summed E-state index contributed by atoms with van der Waals surface area (Å²) in [5.41, 5.74) is 2.07. The Hall–Kier alpha value is -2.89. The molecule has 0 atom stereocenters. The highest BCUT2D eigenvalue weighted by Crippen LogP contribution is 2.22. The number of hydrogen-bond acceptors (Lipinski definition) is 5. The molecule has 1 aromatic heterocycles. The van der Waals surface area contributed by atoms with Crippen molar-refractivity contribution < 1.29 is 14.3 Å². The number of nitrogens with one attached hydrogen (secondary N) is 1. The third-order valence-electron chi connectivity index (χ3n) is 3.64. The van der Waals surface area contributed by atoms with E-state index in [1.165, 1.54) is 7.11 Å². The second kappa shape index (κ2) is 8.10. The largest absolute Gasteiger partial charge is 0.465 e. The lowest BCUT2D eigenvalue weighted by Gasteiger charge is -2.18. The summed E-state index contributed by atoms with van der Waals surface area (Å²) < 4.78 is 4.79. The first kappa shape index (κ1) is 17.5. The van der Waals surface area contributed by atoms with E-state index in [2.05, 4.69) is 10.3 Å². The predicted octanol–water partition coefficient (Wildman–Crippen LogP) is 3.09. The number of esters is 1. The van der Waals surface area contributed by atoms with Gasteiger partial charge < -0.3 is 15.0 Å². The third-order valence-corrected chi connectivity index (χ3v) is 3.64. The molecular weight excluding hydrogens is 306 g/mol. The first-order valence-corrected chi connectivity index (χ1v) is 7.80. The van der Waals surface area contributed by atoms with E-state index in [1.54, 1.807) is 41.4 Å². The molecule has 0 spiro atoms. The van der Waals surface area contributed by atoms with Crippen LogP contribution in [0.4, 0.5) is 11.4 Å². The summed E-state index contributed by atoms with van der Waals surface area (Å²) in [6.07, 6.45) is 1.57. The van der Waals surface area contributed by atoms with Crippen LogP contribution in [0.3, 0.4) is 0 Å². The highest BCUT2D eigenvalue weighted by atomic mass is 16.5. The molecule has 0 aliphatic rings. The van der Waals surface area contributed by atoms with Crippen LogP contribution in [-0.2, 0) is 4.74 Å². The van der Waals surface area contributed by atoms with Crippen molar-refractivity contribution >= 4 is 23.3 Å². The van der Waals surface area contributed by atoms with Crippen molar-refractivity contribution in [1.29, 1.82) is 0 Å². The second-order valence-corrected chi connectivity index (χ2v) is 5.07. The zero-order valence-electron chi connectivity index (χ0n) is 14.1. The van der Waals surface area contributed by atoms with Gasteiger partial charge in [-0.3, -0.25) is 9.78 Å². The Morgan fingerprint density at radius 2 is 1.88 bits per heavy atom. The molecule has 1 N–H and O–H groups in total. The number of nitrogens with zero attached hydrogens (tertiary/aromatic N) is 2. The maximum absolute atomic E-state index is 12.4. The van der Waals surface area contributed by atoms with E-state index in [1.807, 2.05) is 19.9 Å². The standard InChI is InChI=1S/C18H21N3O3/c1-4-21(5-2)17(22)16-12-13(10-11-19-16)20-15-9-7-6-8-14(15)18(23)24-3/h6-12H,4-5H2,1-3H3,(H,19,20). The van der Waals surface area contributed by atoms with Gasteiger partial charge in [-0.2, -0.15) is 0 Å². The number of pyridine rings is 1. The molecule has 0 aliphatic heterocycles. The van der Waals surface area contributed by atoms with Crippen molar-refractivity contribution in [2.45, 2.75) is 13.8 Å². The number of aromatic nitrogens is 1. The number of hydrogen-bond donors (Lipinski definition) is 1. The van der Waals surface area contributed by atoms with Crippen molar-refractivity contribution in [2.75, 3.05) is 25.5 Å². The third kappa shape index (κ3) is 3.90. The summed E-state index contributed by atoms with van der Waals surface area (Å²) in [4.78, 5) is 30.1. The first-order valence-electron chi connectivity index (χ1n) is 7.80. The minimum Gasteiger partial charge on any atom is -0.465 e. The Bertz CT molecular complexity index is 727. The summed E-state index contributed by atoms with van der Waals surface area (Å²) in [7, 11) is 1.34. The molecular formula is C18H21N3O3. The Labute approximate surface area is 141 Å². The highest BCUT2D eigenvalue weighted by molar-refractivity contribution is 5.97. The molecule has 2 rings (SSSR count). The smallest absolute Gasteiger partial charge is 0.339 e. The van der Waals surface area contributed by atoms with Gasteiger partial charge in [0.2, 0.25) is 0 Å². The van der Waals surface area contributed by atoms with E-state index < -0.39 is 5.97 Å². The number of ether oxygens (including phenoxy) is 1. The summed E-state index contributed by atoms with van der Waals surface area (Å²) in [6.45, 7) is 5.10.